The van der Waals surface area contributed by atoms with Crippen molar-refractivity contribution >= 4 is 17.7 Å². The maximum Gasteiger partial charge on any atom is 0.235 e. The summed E-state index contributed by atoms with van der Waals surface area (Å²) in [7, 11) is 1.91. The number of hydrogen-bond acceptors (Lipinski definition) is 6. The number of nitrogens with one attached hydrogen (secondary N) is 1. The Morgan fingerprint density at radius 1 is 1.14 bits per heavy atom. The molecule has 0 radical (unpaired) electrons. The molecule has 1 unspecified atom stereocenters. The average Bonchev–Trinajstić information content (AvgIpc) is 3.26. The molecule has 0 amide bonds. The topological polar surface area (TPSA) is 73.8 Å². The molecule has 3 aromatic rings. The Kier molecular flexibility index (Phi) is 4.18. The standard InChI is InChI=1S/C20H22FN7/c1-27(18-11-16(25-26-18)13-4-5-13)19-22-12-23-20(24-19)28-10-2-3-17(28)14-6-8-15(21)9-7-14/h6-9,11-13,17H,2-5,10H2,1H3,(H,25,26). The average molecular weight is 379 g/mol. The van der Waals surface area contributed by atoms with Crippen LogP contribution in [0, 0.1) is 5.82 Å². The second-order valence-corrected chi connectivity index (χ2v) is 7.50. The van der Waals surface area contributed by atoms with E-state index in [1.54, 1.807) is 6.33 Å². The van der Waals surface area contributed by atoms with Gasteiger partial charge in [0.15, 0.2) is 5.82 Å². The number of rotatable bonds is 5. The molecule has 1 saturated heterocycles. The van der Waals surface area contributed by atoms with Crippen molar-refractivity contribution in [1.29, 1.82) is 0 Å². The van der Waals surface area contributed by atoms with Crippen molar-refractivity contribution in [3.05, 3.63) is 53.7 Å². The van der Waals surface area contributed by atoms with Crippen LogP contribution in [0.1, 0.15) is 48.9 Å². The fourth-order valence-electron chi connectivity index (χ4n) is 3.82. The highest BCUT2D eigenvalue weighted by atomic mass is 19.1. The van der Waals surface area contributed by atoms with Crippen LogP contribution in [0.15, 0.2) is 36.7 Å². The van der Waals surface area contributed by atoms with Crippen molar-refractivity contribution in [3.63, 3.8) is 0 Å². The Balaban J connectivity index is 1.40. The third-order valence-electron chi connectivity index (χ3n) is 5.56. The lowest BCUT2D eigenvalue weighted by atomic mass is 10.0. The Labute approximate surface area is 162 Å². The van der Waals surface area contributed by atoms with Crippen molar-refractivity contribution < 1.29 is 4.39 Å². The molecule has 8 heteroatoms. The summed E-state index contributed by atoms with van der Waals surface area (Å²) >= 11 is 0. The van der Waals surface area contributed by atoms with Crippen LogP contribution < -0.4 is 9.80 Å². The molecule has 2 fully saturated rings. The molecule has 144 valence electrons. The van der Waals surface area contributed by atoms with Gasteiger partial charge in [0.25, 0.3) is 0 Å². The first-order valence-corrected chi connectivity index (χ1v) is 9.69. The van der Waals surface area contributed by atoms with Crippen LogP contribution in [0.2, 0.25) is 0 Å². The third-order valence-corrected chi connectivity index (χ3v) is 5.56. The summed E-state index contributed by atoms with van der Waals surface area (Å²) in [5, 5.41) is 7.52. The molecule has 2 aromatic heterocycles. The molecular formula is C20H22FN7. The number of benzene rings is 1. The number of aromatic amines is 1. The molecule has 5 rings (SSSR count). The number of H-pyrrole nitrogens is 1. The molecule has 3 heterocycles. The summed E-state index contributed by atoms with van der Waals surface area (Å²) in [6.45, 7) is 0.865. The Morgan fingerprint density at radius 3 is 2.75 bits per heavy atom. The molecule has 1 saturated carbocycles. The lowest BCUT2D eigenvalue weighted by Gasteiger charge is -2.25. The molecule has 2 aliphatic rings. The highest BCUT2D eigenvalue weighted by Gasteiger charge is 2.29. The van der Waals surface area contributed by atoms with E-state index in [1.807, 2.05) is 24.1 Å². The van der Waals surface area contributed by atoms with E-state index in [2.05, 4.69) is 31.1 Å². The van der Waals surface area contributed by atoms with Gasteiger partial charge >= 0.3 is 0 Å². The van der Waals surface area contributed by atoms with Gasteiger partial charge in [-0.1, -0.05) is 12.1 Å². The SMILES string of the molecule is CN(c1cc(C2CC2)[nH]n1)c1ncnc(N2CCCC2c2ccc(F)cc2)n1. The summed E-state index contributed by atoms with van der Waals surface area (Å²) in [5.74, 6) is 2.40. The quantitative estimate of drug-likeness (QED) is 0.728. The van der Waals surface area contributed by atoms with Gasteiger partial charge in [-0.25, -0.2) is 14.4 Å². The zero-order valence-corrected chi connectivity index (χ0v) is 15.7. The maximum absolute atomic E-state index is 13.3. The molecule has 1 aliphatic heterocycles. The minimum atomic E-state index is -0.220. The fourth-order valence-corrected chi connectivity index (χ4v) is 3.82. The van der Waals surface area contributed by atoms with Gasteiger partial charge in [0, 0.05) is 31.3 Å². The number of anilines is 3. The summed E-state index contributed by atoms with van der Waals surface area (Å²) in [4.78, 5) is 17.5. The zero-order valence-electron chi connectivity index (χ0n) is 15.7. The first kappa shape index (κ1) is 17.1. The minimum absolute atomic E-state index is 0.146. The van der Waals surface area contributed by atoms with Crippen LogP contribution in [-0.2, 0) is 0 Å². The lowest BCUT2D eigenvalue weighted by molar-refractivity contribution is 0.623. The second kappa shape index (κ2) is 6.85. The van der Waals surface area contributed by atoms with Crippen LogP contribution in [0.3, 0.4) is 0 Å². The summed E-state index contributed by atoms with van der Waals surface area (Å²) in [5.41, 5.74) is 2.25. The van der Waals surface area contributed by atoms with E-state index in [1.165, 1.54) is 30.7 Å². The second-order valence-electron chi connectivity index (χ2n) is 7.50. The molecule has 1 N–H and O–H groups in total. The maximum atomic E-state index is 13.3. The van der Waals surface area contributed by atoms with Crippen molar-refractivity contribution in [2.75, 3.05) is 23.4 Å². The first-order chi connectivity index (χ1) is 13.7. The smallest absolute Gasteiger partial charge is 0.235 e. The monoisotopic (exact) mass is 379 g/mol. The number of aromatic nitrogens is 5. The summed E-state index contributed by atoms with van der Waals surface area (Å²) < 4.78 is 13.3. The highest BCUT2D eigenvalue weighted by Crippen LogP contribution is 2.40. The predicted octanol–water partition coefficient (Wildman–Crippen LogP) is 3.72. The number of halogens is 1. The molecule has 1 aromatic carbocycles. The minimum Gasteiger partial charge on any atom is -0.334 e. The summed E-state index contributed by atoms with van der Waals surface area (Å²) in [6.07, 6.45) is 6.03. The zero-order chi connectivity index (χ0) is 19.1. The summed E-state index contributed by atoms with van der Waals surface area (Å²) in [6, 6.07) is 8.91. The Hall–Kier alpha value is -3.03. The Bertz CT molecular complexity index is 967. The van der Waals surface area contributed by atoms with E-state index in [9.17, 15) is 4.39 Å². The number of nitrogens with zero attached hydrogens (tertiary/aromatic N) is 6. The molecule has 1 aliphatic carbocycles. The van der Waals surface area contributed by atoms with Gasteiger partial charge < -0.3 is 4.90 Å². The molecular weight excluding hydrogens is 357 g/mol. The van der Waals surface area contributed by atoms with E-state index < -0.39 is 0 Å². The molecule has 7 nitrogen and oxygen atoms in total. The largest absolute Gasteiger partial charge is 0.334 e. The van der Waals surface area contributed by atoms with E-state index in [-0.39, 0.29) is 11.9 Å². The van der Waals surface area contributed by atoms with E-state index >= 15 is 0 Å². The molecule has 1 atom stereocenters. The third kappa shape index (κ3) is 3.19. The van der Waals surface area contributed by atoms with Gasteiger partial charge in [-0.2, -0.15) is 10.1 Å². The van der Waals surface area contributed by atoms with Crippen molar-refractivity contribution in [2.24, 2.45) is 0 Å². The molecule has 28 heavy (non-hydrogen) atoms. The van der Waals surface area contributed by atoms with Gasteiger partial charge in [0.1, 0.15) is 12.1 Å². The normalized spacial score (nSPS) is 19.2. The van der Waals surface area contributed by atoms with Gasteiger partial charge in [-0.15, -0.1) is 0 Å². The predicted molar refractivity (Wildman–Crippen MR) is 104 cm³/mol. The van der Waals surface area contributed by atoms with Crippen molar-refractivity contribution in [3.8, 4) is 0 Å². The lowest BCUT2D eigenvalue weighted by Crippen LogP contribution is -2.26. The van der Waals surface area contributed by atoms with E-state index in [4.69, 9.17) is 4.98 Å². The van der Waals surface area contributed by atoms with Gasteiger partial charge in [0.2, 0.25) is 11.9 Å². The van der Waals surface area contributed by atoms with Gasteiger partial charge in [-0.3, -0.25) is 10.00 Å². The van der Waals surface area contributed by atoms with Crippen LogP contribution in [0.4, 0.5) is 22.1 Å². The van der Waals surface area contributed by atoms with Crippen LogP contribution in [0.5, 0.6) is 0 Å². The van der Waals surface area contributed by atoms with E-state index in [0.717, 1.165) is 30.8 Å². The molecule has 0 bridgehead atoms. The van der Waals surface area contributed by atoms with Gasteiger partial charge in [0.05, 0.1) is 6.04 Å². The van der Waals surface area contributed by atoms with Crippen LogP contribution in [0.25, 0.3) is 0 Å². The van der Waals surface area contributed by atoms with Crippen LogP contribution >= 0.6 is 0 Å². The fraction of sp³-hybridized carbons (Fsp3) is 0.400. The first-order valence-electron chi connectivity index (χ1n) is 9.69. The number of hydrogen-bond donors (Lipinski definition) is 1. The Morgan fingerprint density at radius 2 is 1.96 bits per heavy atom. The highest BCUT2D eigenvalue weighted by molar-refractivity contribution is 5.53. The van der Waals surface area contributed by atoms with Crippen molar-refractivity contribution in [2.45, 2.75) is 37.6 Å². The van der Waals surface area contributed by atoms with E-state index in [0.29, 0.717) is 17.8 Å². The molecule has 0 spiro atoms. The van der Waals surface area contributed by atoms with Crippen LogP contribution in [-0.4, -0.2) is 38.7 Å². The van der Waals surface area contributed by atoms with Gasteiger partial charge in [-0.05, 0) is 43.4 Å². The van der Waals surface area contributed by atoms with Crippen molar-refractivity contribution in [1.82, 2.24) is 25.1 Å².